The van der Waals surface area contributed by atoms with E-state index >= 15 is 0 Å². The largest absolute Gasteiger partial charge is 0.462 e. The van der Waals surface area contributed by atoms with Crippen molar-refractivity contribution >= 4 is 5.97 Å². The van der Waals surface area contributed by atoms with Crippen LogP contribution in [0.25, 0.3) is 0 Å². The number of carbonyl (C=O) groups is 1. The molecule has 0 saturated heterocycles. The topological polar surface area (TPSA) is 26.3 Å². The van der Waals surface area contributed by atoms with Gasteiger partial charge in [-0.25, -0.2) is 4.79 Å². The highest BCUT2D eigenvalue weighted by Crippen LogP contribution is 2.10. The number of rotatable bonds is 5. The van der Waals surface area contributed by atoms with Crippen molar-refractivity contribution in [2.75, 3.05) is 6.61 Å². The Kier molecular flexibility index (Phi) is 4.88. The summed E-state index contributed by atoms with van der Waals surface area (Å²) in [6, 6.07) is 7.44. The fraction of sp³-hybridized carbons (Fsp3) is 0.385. The van der Waals surface area contributed by atoms with Crippen molar-refractivity contribution in [2.24, 2.45) is 0 Å². The number of hydrogen-bond acceptors (Lipinski definition) is 2. The van der Waals surface area contributed by atoms with Crippen LogP contribution in [0.3, 0.4) is 0 Å². The molecule has 0 aromatic heterocycles. The average Bonchev–Trinajstić information content (AvgIpc) is 2.29. The Morgan fingerprint density at radius 1 is 1.40 bits per heavy atom. The number of unbranched alkanes of at least 4 members (excludes halogenated alkanes) is 1. The first-order valence-corrected chi connectivity index (χ1v) is 5.33. The minimum Gasteiger partial charge on any atom is -0.462 e. The molecule has 0 aliphatic carbocycles. The Labute approximate surface area is 91.3 Å². The molecule has 1 aromatic rings. The number of esters is 1. The number of benzene rings is 1. The minimum absolute atomic E-state index is 0.234. The lowest BCUT2D eigenvalue weighted by Crippen LogP contribution is -2.08. The second-order valence-electron chi connectivity index (χ2n) is 3.40. The Morgan fingerprint density at radius 3 is 2.80 bits per heavy atom. The van der Waals surface area contributed by atoms with E-state index in [0.717, 1.165) is 18.4 Å². The molecule has 0 atom stereocenters. The molecule has 0 fully saturated rings. The lowest BCUT2D eigenvalue weighted by atomic mass is 10.1. The van der Waals surface area contributed by atoms with Crippen LogP contribution in [0.2, 0.25) is 0 Å². The van der Waals surface area contributed by atoms with Gasteiger partial charge in [0, 0.05) is 0 Å². The normalized spacial score (nSPS) is 10.0. The van der Waals surface area contributed by atoms with Crippen molar-refractivity contribution in [1.82, 2.24) is 0 Å². The van der Waals surface area contributed by atoms with Crippen LogP contribution >= 0.6 is 0 Å². The van der Waals surface area contributed by atoms with Gasteiger partial charge < -0.3 is 4.74 Å². The molecule has 0 spiro atoms. The van der Waals surface area contributed by atoms with Crippen LogP contribution in [0.5, 0.6) is 0 Å². The maximum absolute atomic E-state index is 11.6. The van der Waals surface area contributed by atoms with Gasteiger partial charge in [-0.15, -0.1) is 0 Å². The van der Waals surface area contributed by atoms with E-state index in [2.05, 4.69) is 13.8 Å². The molecule has 15 heavy (non-hydrogen) atoms. The molecule has 81 valence electrons. The molecular weight excluding hydrogens is 188 g/mol. The van der Waals surface area contributed by atoms with Crippen molar-refractivity contribution < 1.29 is 9.53 Å². The highest BCUT2D eigenvalue weighted by Gasteiger charge is 2.10. The van der Waals surface area contributed by atoms with Gasteiger partial charge in [0.25, 0.3) is 0 Å². The standard InChI is InChI=1S/C13H17O2/c1-3-5-10-15-13(14)12-9-7-6-8-11(12)4-2/h6-9H,2-5,10H2,1H3. The third-order valence-electron chi connectivity index (χ3n) is 2.24. The van der Waals surface area contributed by atoms with Crippen LogP contribution in [-0.2, 0) is 11.2 Å². The predicted molar refractivity (Wildman–Crippen MR) is 60.7 cm³/mol. The van der Waals surface area contributed by atoms with Gasteiger partial charge in [-0.1, -0.05) is 31.5 Å². The SMILES string of the molecule is [CH2]Cc1ccccc1C(=O)OCCCC. The van der Waals surface area contributed by atoms with Gasteiger partial charge in [-0.2, -0.15) is 0 Å². The number of ether oxygens (including phenoxy) is 1. The first-order chi connectivity index (χ1) is 7.29. The van der Waals surface area contributed by atoms with Gasteiger partial charge in [-0.05, 0) is 31.4 Å². The number of hydrogen-bond donors (Lipinski definition) is 0. The molecule has 0 aliphatic rings. The molecule has 2 heteroatoms. The maximum atomic E-state index is 11.6. The van der Waals surface area contributed by atoms with Gasteiger partial charge in [0.05, 0.1) is 12.2 Å². The van der Waals surface area contributed by atoms with Crippen molar-refractivity contribution in [2.45, 2.75) is 26.2 Å². The summed E-state index contributed by atoms with van der Waals surface area (Å²) in [7, 11) is 0. The monoisotopic (exact) mass is 205 g/mol. The fourth-order valence-electron chi connectivity index (χ4n) is 1.32. The van der Waals surface area contributed by atoms with Crippen LogP contribution in [0.1, 0.15) is 35.7 Å². The zero-order valence-corrected chi connectivity index (χ0v) is 9.16. The molecule has 0 amide bonds. The van der Waals surface area contributed by atoms with E-state index in [9.17, 15) is 4.79 Å². The molecule has 0 N–H and O–H groups in total. The van der Waals surface area contributed by atoms with E-state index in [1.165, 1.54) is 0 Å². The maximum Gasteiger partial charge on any atom is 0.338 e. The Bertz CT molecular complexity index is 318. The number of carbonyl (C=O) groups excluding carboxylic acids is 1. The minimum atomic E-state index is -0.234. The molecule has 0 bridgehead atoms. The molecule has 0 saturated carbocycles. The molecule has 0 aliphatic heterocycles. The highest BCUT2D eigenvalue weighted by molar-refractivity contribution is 5.91. The third kappa shape index (κ3) is 3.39. The molecule has 2 nitrogen and oxygen atoms in total. The van der Waals surface area contributed by atoms with Crippen molar-refractivity contribution in [3.05, 3.63) is 42.3 Å². The Morgan fingerprint density at radius 2 is 2.13 bits per heavy atom. The summed E-state index contributed by atoms with van der Waals surface area (Å²) < 4.78 is 5.14. The molecule has 0 unspecified atom stereocenters. The van der Waals surface area contributed by atoms with Crippen LogP contribution in [-0.4, -0.2) is 12.6 Å². The zero-order chi connectivity index (χ0) is 11.1. The molecule has 1 rings (SSSR count). The summed E-state index contributed by atoms with van der Waals surface area (Å²) >= 11 is 0. The van der Waals surface area contributed by atoms with Crippen LogP contribution in [0.4, 0.5) is 0 Å². The van der Waals surface area contributed by atoms with E-state index in [0.29, 0.717) is 18.6 Å². The predicted octanol–water partition coefficient (Wildman–Crippen LogP) is 3.02. The third-order valence-corrected chi connectivity index (χ3v) is 2.24. The zero-order valence-electron chi connectivity index (χ0n) is 9.16. The van der Waals surface area contributed by atoms with Crippen LogP contribution in [0.15, 0.2) is 24.3 Å². The molecular formula is C13H17O2. The summed E-state index contributed by atoms with van der Waals surface area (Å²) in [5.41, 5.74) is 1.59. The van der Waals surface area contributed by atoms with E-state index in [1.807, 2.05) is 18.2 Å². The summed E-state index contributed by atoms with van der Waals surface area (Å²) in [6.45, 7) is 6.36. The lowest BCUT2D eigenvalue weighted by Gasteiger charge is -2.07. The Balaban J connectivity index is 2.64. The quantitative estimate of drug-likeness (QED) is 0.545. The van der Waals surface area contributed by atoms with E-state index in [1.54, 1.807) is 6.07 Å². The fourth-order valence-corrected chi connectivity index (χ4v) is 1.32. The van der Waals surface area contributed by atoms with Gasteiger partial charge in [-0.3, -0.25) is 0 Å². The second-order valence-corrected chi connectivity index (χ2v) is 3.40. The smallest absolute Gasteiger partial charge is 0.338 e. The van der Waals surface area contributed by atoms with Gasteiger partial charge in [0.2, 0.25) is 0 Å². The summed E-state index contributed by atoms with van der Waals surface area (Å²) in [6.07, 6.45) is 2.56. The average molecular weight is 205 g/mol. The van der Waals surface area contributed by atoms with Crippen molar-refractivity contribution in [1.29, 1.82) is 0 Å². The lowest BCUT2D eigenvalue weighted by molar-refractivity contribution is 0.0498. The van der Waals surface area contributed by atoms with Crippen molar-refractivity contribution in [3.8, 4) is 0 Å². The summed E-state index contributed by atoms with van der Waals surface area (Å²) in [5, 5.41) is 0. The van der Waals surface area contributed by atoms with Gasteiger partial charge in [0.15, 0.2) is 0 Å². The van der Waals surface area contributed by atoms with Gasteiger partial charge >= 0.3 is 5.97 Å². The highest BCUT2D eigenvalue weighted by atomic mass is 16.5. The van der Waals surface area contributed by atoms with E-state index in [-0.39, 0.29) is 5.97 Å². The first-order valence-electron chi connectivity index (χ1n) is 5.33. The van der Waals surface area contributed by atoms with E-state index < -0.39 is 0 Å². The van der Waals surface area contributed by atoms with Crippen LogP contribution in [0, 0.1) is 6.92 Å². The van der Waals surface area contributed by atoms with Crippen LogP contribution < -0.4 is 0 Å². The summed E-state index contributed by atoms with van der Waals surface area (Å²) in [4.78, 5) is 11.6. The molecule has 1 aromatic carbocycles. The Hall–Kier alpha value is -1.31. The molecule has 0 heterocycles. The van der Waals surface area contributed by atoms with Crippen molar-refractivity contribution in [3.63, 3.8) is 0 Å². The second kappa shape index (κ2) is 6.23. The first kappa shape index (κ1) is 11.8. The van der Waals surface area contributed by atoms with Gasteiger partial charge in [0.1, 0.15) is 0 Å². The summed E-state index contributed by atoms with van der Waals surface area (Å²) in [5.74, 6) is -0.234. The molecule has 1 radical (unpaired) electrons. The van der Waals surface area contributed by atoms with E-state index in [4.69, 9.17) is 4.74 Å².